The molecule has 4 nitrogen and oxygen atoms in total. The van der Waals surface area contributed by atoms with E-state index in [2.05, 4.69) is 64.3 Å². The Morgan fingerprint density at radius 3 is 2.40 bits per heavy atom. The average Bonchev–Trinajstić information content (AvgIpc) is 3.11. The molecule has 1 N–H and O–H groups in total. The van der Waals surface area contributed by atoms with Crippen LogP contribution in [0.1, 0.15) is 11.1 Å². The average molecular weight is 451 g/mol. The lowest BCUT2D eigenvalue weighted by molar-refractivity contribution is -0.145. The van der Waals surface area contributed by atoms with Gasteiger partial charge in [0.15, 0.2) is 6.29 Å². The number of ether oxygens (including phenoxy) is 3. The summed E-state index contributed by atoms with van der Waals surface area (Å²) in [6.07, 6.45) is -0.173. The van der Waals surface area contributed by atoms with E-state index in [0.29, 0.717) is 13.2 Å². The maximum absolute atomic E-state index is 6.30. The van der Waals surface area contributed by atoms with Crippen LogP contribution >= 0.6 is 22.6 Å². The zero-order valence-corrected chi connectivity index (χ0v) is 16.0. The molecule has 2 fully saturated rings. The summed E-state index contributed by atoms with van der Waals surface area (Å²) in [4.78, 5) is 0. The summed E-state index contributed by atoms with van der Waals surface area (Å²) in [5, 5.41) is 3.68. The van der Waals surface area contributed by atoms with Gasteiger partial charge in [-0.05, 0) is 11.1 Å². The number of rotatable bonds is 6. The van der Waals surface area contributed by atoms with Crippen LogP contribution in [0.2, 0.25) is 0 Å². The first-order chi connectivity index (χ1) is 12.3. The highest BCUT2D eigenvalue weighted by Crippen LogP contribution is 2.34. The Labute approximate surface area is 162 Å². The largest absolute Gasteiger partial charge is 0.369 e. The number of fused-ring (bicyclic) bond motifs is 2. The van der Waals surface area contributed by atoms with Crippen molar-refractivity contribution in [2.75, 3.05) is 6.61 Å². The van der Waals surface area contributed by atoms with Gasteiger partial charge in [-0.3, -0.25) is 0 Å². The first-order valence-electron chi connectivity index (χ1n) is 8.65. The quantitative estimate of drug-likeness (QED) is 0.541. The molecule has 2 aromatic rings. The van der Waals surface area contributed by atoms with E-state index >= 15 is 0 Å². The molecule has 0 aliphatic carbocycles. The first-order valence-corrected chi connectivity index (χ1v) is 9.90. The third kappa shape index (κ3) is 4.06. The van der Waals surface area contributed by atoms with Crippen LogP contribution in [-0.2, 0) is 27.4 Å². The molecular formula is C20H22INO3. The maximum Gasteiger partial charge on any atom is 0.171 e. The van der Waals surface area contributed by atoms with Gasteiger partial charge in [0.2, 0.25) is 0 Å². The molecule has 5 heteroatoms. The van der Waals surface area contributed by atoms with Crippen molar-refractivity contribution in [1.29, 1.82) is 0 Å². The maximum atomic E-state index is 6.30. The Bertz CT molecular complexity index is 626. The van der Waals surface area contributed by atoms with E-state index in [9.17, 15) is 0 Å². The van der Waals surface area contributed by atoms with Crippen molar-refractivity contribution < 1.29 is 14.2 Å². The molecule has 2 aromatic carbocycles. The number of hydrogen-bond donors (Lipinski definition) is 1. The Morgan fingerprint density at radius 1 is 1.00 bits per heavy atom. The lowest BCUT2D eigenvalue weighted by Gasteiger charge is -2.39. The molecule has 5 atom stereocenters. The van der Waals surface area contributed by atoms with Crippen molar-refractivity contribution >= 4 is 22.6 Å². The van der Waals surface area contributed by atoms with Crippen LogP contribution in [0.3, 0.4) is 0 Å². The van der Waals surface area contributed by atoms with E-state index in [1.54, 1.807) is 0 Å². The van der Waals surface area contributed by atoms with Gasteiger partial charge in [0.05, 0.1) is 23.2 Å². The summed E-state index contributed by atoms with van der Waals surface area (Å²) in [6, 6.07) is 20.9. The monoisotopic (exact) mass is 451 g/mol. The second-order valence-corrected chi connectivity index (χ2v) is 7.91. The van der Waals surface area contributed by atoms with Gasteiger partial charge in [-0.2, -0.15) is 0 Å². The van der Waals surface area contributed by atoms with E-state index in [4.69, 9.17) is 14.2 Å². The van der Waals surface area contributed by atoms with Crippen LogP contribution in [0.15, 0.2) is 60.7 Å². The van der Waals surface area contributed by atoms with Gasteiger partial charge >= 0.3 is 0 Å². The predicted molar refractivity (Wildman–Crippen MR) is 105 cm³/mol. The van der Waals surface area contributed by atoms with Crippen molar-refractivity contribution in [3.63, 3.8) is 0 Å². The topological polar surface area (TPSA) is 39.7 Å². The molecule has 0 aromatic heterocycles. The van der Waals surface area contributed by atoms with E-state index in [1.807, 2.05) is 24.3 Å². The Kier molecular flexibility index (Phi) is 5.67. The molecule has 2 bridgehead atoms. The number of hydrogen-bond acceptors (Lipinski definition) is 4. The predicted octanol–water partition coefficient (Wildman–Crippen LogP) is 3.29. The van der Waals surface area contributed by atoms with Crippen molar-refractivity contribution in [1.82, 2.24) is 5.32 Å². The van der Waals surface area contributed by atoms with E-state index in [0.717, 1.165) is 6.54 Å². The smallest absolute Gasteiger partial charge is 0.171 e. The fraction of sp³-hybridized carbons (Fsp3) is 0.400. The number of halogens is 1. The summed E-state index contributed by atoms with van der Waals surface area (Å²) < 4.78 is 18.3. The van der Waals surface area contributed by atoms with Gasteiger partial charge < -0.3 is 19.5 Å². The lowest BCUT2D eigenvalue weighted by atomic mass is 9.99. The minimum atomic E-state index is -0.143. The van der Waals surface area contributed by atoms with Crippen LogP contribution in [0, 0.1) is 0 Å². The third-order valence-electron chi connectivity index (χ3n) is 4.73. The Balaban J connectivity index is 1.45. The molecule has 0 saturated carbocycles. The fourth-order valence-electron chi connectivity index (χ4n) is 3.40. The first kappa shape index (κ1) is 17.4. The molecule has 0 spiro atoms. The Hall–Kier alpha value is -0.990. The van der Waals surface area contributed by atoms with Gasteiger partial charge in [0.1, 0.15) is 12.2 Å². The number of benzene rings is 2. The zero-order chi connectivity index (χ0) is 17.1. The van der Waals surface area contributed by atoms with Crippen LogP contribution in [0.4, 0.5) is 0 Å². The summed E-state index contributed by atoms with van der Waals surface area (Å²) in [5.74, 6) is 0. The van der Waals surface area contributed by atoms with E-state index < -0.39 is 0 Å². The summed E-state index contributed by atoms with van der Waals surface area (Å²) in [6.45, 7) is 2.01. The minimum absolute atomic E-state index is 0.00648. The van der Waals surface area contributed by atoms with Crippen molar-refractivity contribution in [3.05, 3.63) is 71.8 Å². The normalized spacial score (nSPS) is 31.2. The molecular weight excluding hydrogens is 429 g/mol. The SMILES string of the molecule is I[C@@H]1[C@@H]2OC[C@@H](O2)[C@@H](OCc2ccccc2)[C@H]1NCc1ccccc1. The molecule has 2 aliphatic rings. The fourth-order valence-corrected chi connectivity index (χ4v) is 4.44. The Morgan fingerprint density at radius 2 is 1.68 bits per heavy atom. The molecule has 0 amide bonds. The minimum Gasteiger partial charge on any atom is -0.369 e. The van der Waals surface area contributed by atoms with Gasteiger partial charge in [0.25, 0.3) is 0 Å². The summed E-state index contributed by atoms with van der Waals surface area (Å²) in [7, 11) is 0. The van der Waals surface area contributed by atoms with Crippen molar-refractivity contribution in [3.8, 4) is 0 Å². The third-order valence-corrected chi connectivity index (χ3v) is 6.09. The van der Waals surface area contributed by atoms with Crippen molar-refractivity contribution in [2.24, 2.45) is 0 Å². The van der Waals surface area contributed by atoms with E-state index in [-0.39, 0.29) is 28.5 Å². The summed E-state index contributed by atoms with van der Waals surface area (Å²) in [5.41, 5.74) is 2.45. The van der Waals surface area contributed by atoms with Gasteiger partial charge in [-0.1, -0.05) is 83.3 Å². The highest BCUT2D eigenvalue weighted by Gasteiger charge is 2.50. The highest BCUT2D eigenvalue weighted by molar-refractivity contribution is 14.1. The van der Waals surface area contributed by atoms with Gasteiger partial charge in [0, 0.05) is 6.54 Å². The molecule has 132 valence electrons. The van der Waals surface area contributed by atoms with Crippen LogP contribution in [0.5, 0.6) is 0 Å². The molecule has 2 aliphatic heterocycles. The number of nitrogens with one attached hydrogen (secondary N) is 1. The molecule has 4 rings (SSSR count). The molecule has 2 saturated heterocycles. The van der Waals surface area contributed by atoms with Gasteiger partial charge in [-0.15, -0.1) is 0 Å². The second kappa shape index (κ2) is 8.14. The van der Waals surface area contributed by atoms with Crippen molar-refractivity contribution in [2.45, 2.75) is 41.6 Å². The second-order valence-electron chi connectivity index (χ2n) is 6.47. The van der Waals surface area contributed by atoms with Crippen LogP contribution in [0.25, 0.3) is 0 Å². The van der Waals surface area contributed by atoms with Gasteiger partial charge in [-0.25, -0.2) is 0 Å². The van der Waals surface area contributed by atoms with E-state index in [1.165, 1.54) is 11.1 Å². The van der Waals surface area contributed by atoms with Crippen LogP contribution < -0.4 is 5.32 Å². The molecule has 0 unspecified atom stereocenters. The lowest BCUT2D eigenvalue weighted by Crippen LogP contribution is -2.58. The summed E-state index contributed by atoms with van der Waals surface area (Å²) >= 11 is 2.43. The number of alkyl halides is 1. The molecule has 2 heterocycles. The molecule has 25 heavy (non-hydrogen) atoms. The standard InChI is InChI=1S/C20H22INO3/c21-17-18(22-11-14-7-3-1-4-8-14)19(16-13-24-20(17)25-16)23-12-15-9-5-2-6-10-15/h1-10,16-20,22H,11-13H2/t16-,17+,18+,19-,20-/m1/s1. The molecule has 0 radical (unpaired) electrons. The highest BCUT2D eigenvalue weighted by atomic mass is 127. The van der Waals surface area contributed by atoms with Crippen LogP contribution in [-0.4, -0.2) is 35.1 Å². The zero-order valence-electron chi connectivity index (χ0n) is 13.9.